The third-order valence-corrected chi connectivity index (χ3v) is 6.13. The number of nitrogens with zero attached hydrogens (tertiary/aromatic N) is 1. The third-order valence-electron chi connectivity index (χ3n) is 6.13. The predicted molar refractivity (Wildman–Crippen MR) is 135 cm³/mol. The second kappa shape index (κ2) is 6.93. The summed E-state index contributed by atoms with van der Waals surface area (Å²) < 4.78 is 14.8. The van der Waals surface area contributed by atoms with Gasteiger partial charge in [-0.2, -0.15) is 0 Å². The van der Waals surface area contributed by atoms with Gasteiger partial charge in [-0.05, 0) is 69.3 Å². The van der Waals surface area contributed by atoms with E-state index in [4.69, 9.17) is 5.79 Å². The Bertz CT molecular complexity index is 1690. The van der Waals surface area contributed by atoms with Gasteiger partial charge in [0, 0.05) is 22.5 Å². The number of benzene rings is 4. The Balaban J connectivity index is 1.60. The lowest BCUT2D eigenvalue weighted by molar-refractivity contribution is 0.411. The Kier molecular flexibility index (Phi) is 3.89. The highest BCUT2D eigenvalue weighted by atomic mass is 16.3. The molecule has 0 N–H and O–H groups in total. The van der Waals surface area contributed by atoms with Crippen LogP contribution in [0.15, 0.2) is 89.5 Å². The largest absolute Gasteiger partial charge is 0.455 e. The first-order valence-corrected chi connectivity index (χ1v) is 11.1. The first kappa shape index (κ1) is 18.0. The van der Waals surface area contributed by atoms with E-state index in [0.717, 1.165) is 45.2 Å². The van der Waals surface area contributed by atoms with Crippen LogP contribution in [0.2, 0.25) is 0 Å². The molecule has 0 unspecified atom stereocenters. The summed E-state index contributed by atoms with van der Waals surface area (Å²) in [5.41, 5.74) is 4.69. The van der Waals surface area contributed by atoms with E-state index < -0.39 is 0 Å². The van der Waals surface area contributed by atoms with Crippen molar-refractivity contribution in [3.05, 3.63) is 90.6 Å². The molecule has 0 aliphatic heterocycles. The van der Waals surface area contributed by atoms with Crippen molar-refractivity contribution in [1.29, 1.82) is 0 Å². The second-order valence-corrected chi connectivity index (χ2v) is 9.87. The molecule has 2 heterocycles. The molecule has 6 aromatic rings. The highest BCUT2D eigenvalue weighted by Crippen LogP contribution is 2.38. The predicted octanol–water partition coefficient (Wildman–Crippen LogP) is 8.54. The molecule has 0 aliphatic rings. The van der Waals surface area contributed by atoms with Crippen molar-refractivity contribution in [2.24, 2.45) is 5.41 Å². The van der Waals surface area contributed by atoms with Crippen molar-refractivity contribution in [2.45, 2.75) is 27.2 Å². The number of rotatable bonds is 2. The van der Waals surface area contributed by atoms with Crippen molar-refractivity contribution in [2.75, 3.05) is 0 Å². The van der Waals surface area contributed by atoms with E-state index in [-0.39, 0.29) is 11.6 Å². The molecule has 2 nitrogen and oxygen atoms in total. The Labute approximate surface area is 188 Å². The van der Waals surface area contributed by atoms with Crippen molar-refractivity contribution in [3.63, 3.8) is 0 Å². The van der Waals surface area contributed by atoms with Crippen LogP contribution in [0.3, 0.4) is 0 Å². The van der Waals surface area contributed by atoms with E-state index in [1.165, 1.54) is 21.5 Å². The van der Waals surface area contributed by atoms with Crippen molar-refractivity contribution >= 4 is 43.5 Å². The molecule has 0 saturated carbocycles. The quantitative estimate of drug-likeness (QED) is 0.264. The number of hydrogen-bond acceptors (Lipinski definition) is 2. The molecular weight excluding hydrogens is 390 g/mol. The molecule has 32 heavy (non-hydrogen) atoms. The topological polar surface area (TPSA) is 26.0 Å². The van der Waals surface area contributed by atoms with Gasteiger partial charge >= 0.3 is 0 Å². The molecule has 0 bridgehead atoms. The highest BCUT2D eigenvalue weighted by Gasteiger charge is 2.16. The summed E-state index contributed by atoms with van der Waals surface area (Å²) in [6.45, 7) is 6.64. The van der Waals surface area contributed by atoms with Gasteiger partial charge in [0.1, 0.15) is 11.2 Å². The summed E-state index contributed by atoms with van der Waals surface area (Å²) in [7, 11) is 0. The number of pyridine rings is 1. The summed E-state index contributed by atoms with van der Waals surface area (Å²) in [5.74, 6) is 0. The first-order valence-electron chi connectivity index (χ1n) is 11.6. The Morgan fingerprint density at radius 1 is 0.781 bits per heavy atom. The van der Waals surface area contributed by atoms with E-state index >= 15 is 0 Å². The zero-order valence-corrected chi connectivity index (χ0v) is 18.6. The molecule has 0 amide bonds. The van der Waals surface area contributed by atoms with Crippen LogP contribution in [0.5, 0.6) is 0 Å². The number of fused-ring (bicyclic) bond motifs is 6. The van der Waals surface area contributed by atoms with E-state index in [0.29, 0.717) is 0 Å². The summed E-state index contributed by atoms with van der Waals surface area (Å²) in [6.07, 6.45) is 1.18. The highest BCUT2D eigenvalue weighted by molar-refractivity contribution is 6.17. The smallest absolute Gasteiger partial charge is 0.144 e. The first-order chi connectivity index (χ1) is 15.9. The minimum absolute atomic E-state index is 0.138. The van der Waals surface area contributed by atoms with E-state index in [2.05, 4.69) is 92.5 Å². The van der Waals surface area contributed by atoms with Gasteiger partial charge in [0.05, 0.1) is 7.06 Å². The van der Waals surface area contributed by atoms with Gasteiger partial charge in [-0.15, -0.1) is 0 Å². The maximum absolute atomic E-state index is 8.28. The summed E-state index contributed by atoms with van der Waals surface area (Å²) in [5, 5.41) is 7.03. The normalized spacial score (nSPS) is 12.8. The van der Waals surface area contributed by atoms with E-state index in [9.17, 15) is 0 Å². The monoisotopic (exact) mass is 416 g/mol. The lowest BCUT2D eigenvalue weighted by atomic mass is 9.88. The van der Waals surface area contributed by atoms with Crippen LogP contribution < -0.4 is 0 Å². The molecule has 6 rings (SSSR count). The van der Waals surface area contributed by atoms with Crippen LogP contribution in [-0.4, -0.2) is 4.98 Å². The van der Waals surface area contributed by atoms with Crippen LogP contribution in [0, 0.1) is 5.41 Å². The van der Waals surface area contributed by atoms with Gasteiger partial charge < -0.3 is 4.42 Å². The van der Waals surface area contributed by atoms with Gasteiger partial charge in [0.25, 0.3) is 0 Å². The molecule has 0 saturated heterocycles. The van der Waals surface area contributed by atoms with Crippen molar-refractivity contribution in [1.82, 2.24) is 4.98 Å². The minimum Gasteiger partial charge on any atom is -0.455 e. The number of para-hydroxylation sites is 1. The van der Waals surface area contributed by atoms with E-state index in [1.54, 1.807) is 0 Å². The SMILES string of the molecule is [2H]c1cc(CC(C)(C)C)cc(-c2cccc3c2oc2cc4c(ccc5ccccc54)cc23)n1. The minimum atomic E-state index is 0.138. The molecule has 2 aromatic heterocycles. The zero-order valence-electron chi connectivity index (χ0n) is 19.6. The number of furan rings is 1. The molecule has 2 heteroatoms. The van der Waals surface area contributed by atoms with Crippen LogP contribution in [-0.2, 0) is 6.42 Å². The van der Waals surface area contributed by atoms with Crippen molar-refractivity contribution < 1.29 is 5.79 Å². The van der Waals surface area contributed by atoms with Gasteiger partial charge in [-0.1, -0.05) is 69.3 Å². The lowest BCUT2D eigenvalue weighted by Crippen LogP contribution is -2.09. The average Bonchev–Trinajstić information content (AvgIpc) is 3.13. The molecule has 0 atom stereocenters. The van der Waals surface area contributed by atoms with Gasteiger partial charge in [-0.25, -0.2) is 0 Å². The van der Waals surface area contributed by atoms with Crippen molar-refractivity contribution in [3.8, 4) is 11.3 Å². The Morgan fingerprint density at radius 2 is 1.59 bits per heavy atom. The maximum Gasteiger partial charge on any atom is 0.144 e. The van der Waals surface area contributed by atoms with Gasteiger partial charge in [-0.3, -0.25) is 4.98 Å². The number of aromatic nitrogens is 1. The van der Waals surface area contributed by atoms with Crippen LogP contribution in [0.4, 0.5) is 0 Å². The fourth-order valence-electron chi connectivity index (χ4n) is 4.79. The maximum atomic E-state index is 8.28. The Hall–Kier alpha value is -3.65. The lowest BCUT2D eigenvalue weighted by Gasteiger charge is -2.18. The molecule has 4 aromatic carbocycles. The molecule has 0 radical (unpaired) electrons. The summed E-state index contributed by atoms with van der Waals surface area (Å²) in [6, 6.07) is 27.4. The average molecular weight is 417 g/mol. The van der Waals surface area contributed by atoms with Gasteiger partial charge in [0.15, 0.2) is 0 Å². The molecule has 0 spiro atoms. The summed E-state index contributed by atoms with van der Waals surface area (Å²) in [4.78, 5) is 4.56. The fourth-order valence-corrected chi connectivity index (χ4v) is 4.79. The number of hydrogen-bond donors (Lipinski definition) is 0. The third kappa shape index (κ3) is 3.15. The molecular formula is C30H25NO. The molecule has 0 aliphatic carbocycles. The molecule has 156 valence electrons. The fraction of sp³-hybridized carbons (Fsp3) is 0.167. The molecule has 0 fully saturated rings. The van der Waals surface area contributed by atoms with Crippen LogP contribution in [0.1, 0.15) is 27.7 Å². The standard InChI is InChI=1S/C30H25NO/c1-30(2,3)18-19-13-14-31-27(15-19)24-10-6-9-23-26-16-21-12-11-20-7-4-5-8-22(20)25(21)17-28(26)32-29(23)24/h4-17H,18H2,1-3H3/i14D. The second-order valence-electron chi connectivity index (χ2n) is 9.87. The van der Waals surface area contributed by atoms with Crippen LogP contribution in [0.25, 0.3) is 54.7 Å². The van der Waals surface area contributed by atoms with Gasteiger partial charge in [0.2, 0.25) is 0 Å². The van der Waals surface area contributed by atoms with E-state index in [1.807, 2.05) is 12.1 Å². The Morgan fingerprint density at radius 3 is 2.47 bits per heavy atom. The summed E-state index contributed by atoms with van der Waals surface area (Å²) >= 11 is 0. The zero-order chi connectivity index (χ0) is 22.7. The van der Waals surface area contributed by atoms with Crippen LogP contribution >= 0.6 is 0 Å².